The number of amides is 1. The molecule has 3 rings (SSSR count). The van der Waals surface area contributed by atoms with Crippen LogP contribution in [0.4, 0.5) is 4.39 Å². The van der Waals surface area contributed by atoms with Gasteiger partial charge in [0.1, 0.15) is 5.82 Å². The highest BCUT2D eigenvalue weighted by Gasteiger charge is 2.21. The van der Waals surface area contributed by atoms with Crippen LogP contribution >= 0.6 is 11.3 Å². The molecule has 2 aromatic rings. The van der Waals surface area contributed by atoms with Crippen LogP contribution in [0, 0.1) is 11.7 Å². The van der Waals surface area contributed by atoms with Gasteiger partial charge in [0.25, 0.3) is 0 Å². The molecule has 1 atom stereocenters. The molecule has 5 heteroatoms. The van der Waals surface area contributed by atoms with Crippen LogP contribution in [0.5, 0.6) is 0 Å². The van der Waals surface area contributed by atoms with Crippen LogP contribution in [0.3, 0.4) is 0 Å². The molecule has 1 aromatic carbocycles. The Morgan fingerprint density at radius 3 is 2.69 bits per heavy atom. The molecule has 3 nitrogen and oxygen atoms in total. The van der Waals surface area contributed by atoms with Crippen molar-refractivity contribution in [2.75, 3.05) is 13.1 Å². The van der Waals surface area contributed by atoms with Crippen molar-refractivity contribution in [3.05, 3.63) is 47.1 Å². The molecule has 1 saturated heterocycles. The Morgan fingerprint density at radius 1 is 1.27 bits per heavy atom. The molecule has 1 unspecified atom stereocenters. The van der Waals surface area contributed by atoms with Crippen molar-refractivity contribution in [1.82, 2.24) is 10.2 Å². The van der Waals surface area contributed by atoms with Gasteiger partial charge in [-0.3, -0.25) is 4.79 Å². The fraction of sp³-hybridized carbons (Fsp3) is 0.476. The molecule has 1 amide bonds. The molecular formula is C21H27FN2OS. The SMILES string of the molecule is CC(C)N(Cc1ccc(-c2ccc(F)cc2)s1)C(=O)CCC1CCNC1. The highest BCUT2D eigenvalue weighted by atomic mass is 32.1. The minimum atomic E-state index is -0.223. The second-order valence-electron chi connectivity index (χ2n) is 7.29. The Balaban J connectivity index is 1.62. The second kappa shape index (κ2) is 8.78. The summed E-state index contributed by atoms with van der Waals surface area (Å²) < 4.78 is 13.1. The first kappa shape index (κ1) is 19.1. The maximum Gasteiger partial charge on any atom is 0.223 e. The van der Waals surface area contributed by atoms with Crippen molar-refractivity contribution in [2.24, 2.45) is 5.92 Å². The number of hydrogen-bond acceptors (Lipinski definition) is 3. The van der Waals surface area contributed by atoms with Gasteiger partial charge in [0.2, 0.25) is 5.91 Å². The van der Waals surface area contributed by atoms with Crippen LogP contribution in [-0.2, 0) is 11.3 Å². The summed E-state index contributed by atoms with van der Waals surface area (Å²) in [7, 11) is 0. The average Bonchev–Trinajstić information content (AvgIpc) is 3.30. The molecule has 0 spiro atoms. The summed E-state index contributed by atoms with van der Waals surface area (Å²) in [6.45, 7) is 6.91. The Bertz CT molecular complexity index is 720. The molecule has 0 bridgehead atoms. The van der Waals surface area contributed by atoms with E-state index in [4.69, 9.17) is 0 Å². The van der Waals surface area contributed by atoms with Gasteiger partial charge in [-0.05, 0) is 75.5 Å². The lowest BCUT2D eigenvalue weighted by molar-refractivity contribution is -0.133. The number of benzene rings is 1. The number of nitrogens with zero attached hydrogens (tertiary/aromatic N) is 1. The predicted molar refractivity (Wildman–Crippen MR) is 106 cm³/mol. The fourth-order valence-electron chi connectivity index (χ4n) is 3.39. The van der Waals surface area contributed by atoms with E-state index in [1.54, 1.807) is 23.5 Å². The Hall–Kier alpha value is -1.72. The molecule has 26 heavy (non-hydrogen) atoms. The standard InChI is InChI=1S/C21H27FN2OS/c1-15(2)24(21(25)10-3-16-11-12-23-13-16)14-19-8-9-20(26-19)17-4-6-18(22)7-5-17/h4-9,15-16,23H,3,10-14H2,1-2H3. The van der Waals surface area contributed by atoms with Gasteiger partial charge in [0.05, 0.1) is 6.54 Å². The third-order valence-electron chi connectivity index (χ3n) is 4.99. The zero-order valence-electron chi connectivity index (χ0n) is 15.5. The fourth-order valence-corrected chi connectivity index (χ4v) is 4.40. The molecule has 2 heterocycles. The van der Waals surface area contributed by atoms with E-state index in [0.717, 1.165) is 34.8 Å². The quantitative estimate of drug-likeness (QED) is 0.763. The average molecular weight is 375 g/mol. The lowest BCUT2D eigenvalue weighted by Gasteiger charge is -2.27. The summed E-state index contributed by atoms with van der Waals surface area (Å²) in [5.74, 6) is 0.656. The molecule has 1 aliphatic heterocycles. The smallest absolute Gasteiger partial charge is 0.223 e. The number of halogens is 1. The van der Waals surface area contributed by atoms with Crippen LogP contribution < -0.4 is 5.32 Å². The van der Waals surface area contributed by atoms with Crippen LogP contribution in [0.15, 0.2) is 36.4 Å². The molecule has 0 aliphatic carbocycles. The van der Waals surface area contributed by atoms with Crippen LogP contribution in [-0.4, -0.2) is 29.9 Å². The monoisotopic (exact) mass is 374 g/mol. The van der Waals surface area contributed by atoms with Gasteiger partial charge in [0, 0.05) is 22.2 Å². The third kappa shape index (κ3) is 4.92. The topological polar surface area (TPSA) is 32.3 Å². The summed E-state index contributed by atoms with van der Waals surface area (Å²) in [4.78, 5) is 17.0. The summed E-state index contributed by atoms with van der Waals surface area (Å²) in [6.07, 6.45) is 2.78. The highest BCUT2D eigenvalue weighted by Crippen LogP contribution is 2.29. The third-order valence-corrected chi connectivity index (χ3v) is 6.11. The molecule has 140 valence electrons. The minimum absolute atomic E-state index is 0.181. The van der Waals surface area contributed by atoms with E-state index in [-0.39, 0.29) is 17.8 Å². The maximum atomic E-state index is 13.1. The summed E-state index contributed by atoms with van der Waals surface area (Å²) in [5.41, 5.74) is 1.01. The van der Waals surface area contributed by atoms with E-state index in [9.17, 15) is 9.18 Å². The van der Waals surface area contributed by atoms with Crippen molar-refractivity contribution >= 4 is 17.2 Å². The van der Waals surface area contributed by atoms with Crippen molar-refractivity contribution in [1.29, 1.82) is 0 Å². The molecule has 1 fully saturated rings. The van der Waals surface area contributed by atoms with Crippen LogP contribution in [0.25, 0.3) is 10.4 Å². The van der Waals surface area contributed by atoms with Gasteiger partial charge in [-0.2, -0.15) is 0 Å². The molecule has 0 radical (unpaired) electrons. The van der Waals surface area contributed by atoms with E-state index in [1.165, 1.54) is 18.6 Å². The van der Waals surface area contributed by atoms with Crippen molar-refractivity contribution in [3.63, 3.8) is 0 Å². The number of carbonyl (C=O) groups excluding carboxylic acids is 1. The lowest BCUT2D eigenvalue weighted by atomic mass is 10.0. The normalized spacial score (nSPS) is 17.0. The highest BCUT2D eigenvalue weighted by molar-refractivity contribution is 7.15. The minimum Gasteiger partial charge on any atom is -0.335 e. The molecule has 1 N–H and O–H groups in total. The molecule has 0 saturated carbocycles. The number of thiophene rings is 1. The van der Waals surface area contributed by atoms with Gasteiger partial charge in [0.15, 0.2) is 0 Å². The Labute approximate surface area is 159 Å². The zero-order valence-corrected chi connectivity index (χ0v) is 16.3. The number of hydrogen-bond donors (Lipinski definition) is 1. The van der Waals surface area contributed by atoms with E-state index in [1.807, 2.05) is 4.90 Å². The van der Waals surface area contributed by atoms with Gasteiger partial charge >= 0.3 is 0 Å². The first-order valence-corrected chi connectivity index (χ1v) is 10.2. The summed E-state index contributed by atoms with van der Waals surface area (Å²) in [5, 5.41) is 3.36. The molecule has 1 aromatic heterocycles. The summed E-state index contributed by atoms with van der Waals surface area (Å²) in [6, 6.07) is 10.9. The van der Waals surface area contributed by atoms with Gasteiger partial charge < -0.3 is 10.2 Å². The first-order valence-electron chi connectivity index (χ1n) is 9.38. The first-order chi connectivity index (χ1) is 12.5. The van der Waals surface area contributed by atoms with Crippen LogP contribution in [0.2, 0.25) is 0 Å². The van der Waals surface area contributed by atoms with Gasteiger partial charge in [-0.1, -0.05) is 12.1 Å². The summed E-state index contributed by atoms with van der Waals surface area (Å²) >= 11 is 1.67. The van der Waals surface area contributed by atoms with E-state index in [0.29, 0.717) is 18.9 Å². The molecule has 1 aliphatic rings. The number of carbonyl (C=O) groups is 1. The van der Waals surface area contributed by atoms with Crippen molar-refractivity contribution in [2.45, 2.75) is 45.7 Å². The van der Waals surface area contributed by atoms with Gasteiger partial charge in [-0.25, -0.2) is 4.39 Å². The Morgan fingerprint density at radius 2 is 2.04 bits per heavy atom. The lowest BCUT2D eigenvalue weighted by Crippen LogP contribution is -2.36. The number of rotatable bonds is 7. The van der Waals surface area contributed by atoms with E-state index < -0.39 is 0 Å². The Kier molecular flexibility index (Phi) is 6.43. The molecular weight excluding hydrogens is 347 g/mol. The van der Waals surface area contributed by atoms with Crippen LogP contribution in [0.1, 0.15) is 38.0 Å². The predicted octanol–water partition coefficient (Wildman–Crippen LogP) is 4.68. The van der Waals surface area contributed by atoms with E-state index >= 15 is 0 Å². The van der Waals surface area contributed by atoms with Crippen molar-refractivity contribution < 1.29 is 9.18 Å². The maximum absolute atomic E-state index is 13.1. The van der Waals surface area contributed by atoms with E-state index in [2.05, 4.69) is 31.3 Å². The number of nitrogens with one attached hydrogen (secondary N) is 1. The van der Waals surface area contributed by atoms with Crippen molar-refractivity contribution in [3.8, 4) is 10.4 Å². The zero-order chi connectivity index (χ0) is 18.5. The second-order valence-corrected chi connectivity index (χ2v) is 8.45. The van der Waals surface area contributed by atoms with Gasteiger partial charge in [-0.15, -0.1) is 11.3 Å². The largest absolute Gasteiger partial charge is 0.335 e.